The summed E-state index contributed by atoms with van der Waals surface area (Å²) in [5.74, 6) is -3.05. The van der Waals surface area contributed by atoms with Crippen LogP contribution >= 0.6 is 0 Å². The highest BCUT2D eigenvalue weighted by atomic mass is 19.3. The largest absolute Gasteiger partial charge is 0.338 e. The molecular weight excluding hydrogens is 312 g/mol. The third-order valence-corrected chi connectivity index (χ3v) is 4.82. The molecule has 24 heavy (non-hydrogen) atoms. The van der Waals surface area contributed by atoms with E-state index in [0.29, 0.717) is 13.0 Å². The van der Waals surface area contributed by atoms with Gasteiger partial charge in [-0.3, -0.25) is 4.90 Å². The summed E-state index contributed by atoms with van der Waals surface area (Å²) < 4.78 is 25.6. The SMILES string of the molecule is O=C(NCCC1CC1(F)F)NC1CCCN(Cc2ccccc2)C1. The number of likely N-dealkylation sites (tertiary alicyclic amines) is 1. The van der Waals surface area contributed by atoms with E-state index in [1.165, 1.54) is 5.56 Å². The van der Waals surface area contributed by atoms with Crippen LogP contribution in [0.5, 0.6) is 0 Å². The Labute approximate surface area is 141 Å². The lowest BCUT2D eigenvalue weighted by Gasteiger charge is -2.33. The maximum atomic E-state index is 12.8. The Balaban J connectivity index is 1.36. The minimum Gasteiger partial charge on any atom is -0.338 e. The predicted octanol–water partition coefficient (Wildman–Crippen LogP) is 3.00. The van der Waals surface area contributed by atoms with Crippen LogP contribution in [0.25, 0.3) is 0 Å². The van der Waals surface area contributed by atoms with Gasteiger partial charge < -0.3 is 10.6 Å². The molecule has 132 valence electrons. The fraction of sp³-hybridized carbons (Fsp3) is 0.611. The van der Waals surface area contributed by atoms with Crippen molar-refractivity contribution in [2.24, 2.45) is 5.92 Å². The molecule has 1 aromatic carbocycles. The summed E-state index contributed by atoms with van der Waals surface area (Å²) in [6.45, 7) is 3.05. The van der Waals surface area contributed by atoms with Gasteiger partial charge in [-0.05, 0) is 31.4 Å². The quantitative estimate of drug-likeness (QED) is 0.838. The molecule has 6 heteroatoms. The number of nitrogens with zero attached hydrogens (tertiary/aromatic N) is 1. The average Bonchev–Trinajstić information content (AvgIpc) is 3.15. The molecule has 0 bridgehead atoms. The maximum Gasteiger partial charge on any atom is 0.315 e. The van der Waals surface area contributed by atoms with Crippen LogP contribution in [0.1, 0.15) is 31.2 Å². The van der Waals surface area contributed by atoms with Crippen molar-refractivity contribution in [1.82, 2.24) is 15.5 Å². The molecule has 0 aromatic heterocycles. The van der Waals surface area contributed by atoms with Crippen LogP contribution in [0.4, 0.5) is 13.6 Å². The lowest BCUT2D eigenvalue weighted by atomic mass is 10.0. The number of urea groups is 1. The van der Waals surface area contributed by atoms with Crippen LogP contribution in [-0.4, -0.2) is 42.5 Å². The molecule has 2 amide bonds. The first-order chi connectivity index (χ1) is 11.5. The highest BCUT2D eigenvalue weighted by molar-refractivity contribution is 5.74. The topological polar surface area (TPSA) is 44.4 Å². The molecular formula is C18H25F2N3O. The van der Waals surface area contributed by atoms with Gasteiger partial charge >= 0.3 is 6.03 Å². The fourth-order valence-electron chi connectivity index (χ4n) is 3.34. The van der Waals surface area contributed by atoms with Gasteiger partial charge in [0.15, 0.2) is 0 Å². The Morgan fingerprint density at radius 2 is 2.04 bits per heavy atom. The van der Waals surface area contributed by atoms with Crippen LogP contribution in [-0.2, 0) is 6.54 Å². The van der Waals surface area contributed by atoms with Crippen molar-refractivity contribution < 1.29 is 13.6 Å². The summed E-state index contributed by atoms with van der Waals surface area (Å²) in [7, 11) is 0. The number of alkyl halides is 2. The Kier molecular flexibility index (Phi) is 5.33. The number of benzene rings is 1. The molecule has 4 nitrogen and oxygen atoms in total. The minimum atomic E-state index is -2.50. The summed E-state index contributed by atoms with van der Waals surface area (Å²) in [5.41, 5.74) is 1.27. The zero-order valence-electron chi connectivity index (χ0n) is 13.8. The summed E-state index contributed by atoms with van der Waals surface area (Å²) in [6.07, 6.45) is 2.32. The van der Waals surface area contributed by atoms with Crippen LogP contribution < -0.4 is 10.6 Å². The molecule has 2 fully saturated rings. The van der Waals surface area contributed by atoms with Gasteiger partial charge in [-0.25, -0.2) is 13.6 Å². The van der Waals surface area contributed by atoms with Crippen molar-refractivity contribution in [2.45, 2.75) is 44.2 Å². The molecule has 2 atom stereocenters. The first-order valence-electron chi connectivity index (χ1n) is 8.71. The molecule has 1 aromatic rings. The second-order valence-electron chi connectivity index (χ2n) is 6.91. The molecule has 1 saturated heterocycles. The van der Waals surface area contributed by atoms with Crippen molar-refractivity contribution in [3.05, 3.63) is 35.9 Å². The van der Waals surface area contributed by atoms with E-state index < -0.39 is 11.8 Å². The monoisotopic (exact) mass is 337 g/mol. The van der Waals surface area contributed by atoms with E-state index in [9.17, 15) is 13.6 Å². The van der Waals surface area contributed by atoms with Gasteiger partial charge in [-0.2, -0.15) is 0 Å². The second kappa shape index (κ2) is 7.47. The molecule has 2 N–H and O–H groups in total. The normalized spacial score (nSPS) is 25.9. The van der Waals surface area contributed by atoms with Gasteiger partial charge in [0.05, 0.1) is 0 Å². The van der Waals surface area contributed by atoms with E-state index in [4.69, 9.17) is 0 Å². The van der Waals surface area contributed by atoms with Crippen molar-refractivity contribution >= 4 is 6.03 Å². The molecule has 1 aliphatic heterocycles. The molecule has 3 rings (SSSR count). The molecule has 1 aliphatic carbocycles. The first kappa shape index (κ1) is 17.1. The standard InChI is InChI=1S/C18H25F2N3O/c19-18(20)11-15(18)8-9-21-17(24)22-16-7-4-10-23(13-16)12-14-5-2-1-3-6-14/h1-3,5-6,15-16H,4,7-13H2,(H2,21,22,24). The van der Waals surface area contributed by atoms with E-state index in [2.05, 4.69) is 27.7 Å². The Bertz CT molecular complexity index is 552. The minimum absolute atomic E-state index is 0.0344. The lowest BCUT2D eigenvalue weighted by molar-refractivity contribution is 0.0970. The third-order valence-electron chi connectivity index (χ3n) is 4.82. The van der Waals surface area contributed by atoms with Crippen LogP contribution in [0, 0.1) is 5.92 Å². The van der Waals surface area contributed by atoms with Crippen molar-refractivity contribution in [2.75, 3.05) is 19.6 Å². The van der Waals surface area contributed by atoms with E-state index in [1.807, 2.05) is 18.2 Å². The summed E-state index contributed by atoms with van der Waals surface area (Å²) in [4.78, 5) is 14.3. The predicted molar refractivity (Wildman–Crippen MR) is 88.9 cm³/mol. The average molecular weight is 337 g/mol. The van der Waals surface area contributed by atoms with E-state index in [-0.39, 0.29) is 18.5 Å². The number of rotatable bonds is 6. The molecule has 0 radical (unpaired) electrons. The van der Waals surface area contributed by atoms with Gasteiger partial charge in [0.25, 0.3) is 5.92 Å². The van der Waals surface area contributed by atoms with Crippen LogP contribution in [0.2, 0.25) is 0 Å². The highest BCUT2D eigenvalue weighted by Crippen LogP contribution is 2.50. The maximum absolute atomic E-state index is 12.8. The summed E-state index contributed by atoms with van der Waals surface area (Å²) in [6, 6.07) is 10.2. The van der Waals surface area contributed by atoms with E-state index in [0.717, 1.165) is 32.5 Å². The zero-order chi connectivity index (χ0) is 17.0. The van der Waals surface area contributed by atoms with Crippen LogP contribution in [0.3, 0.4) is 0 Å². The Morgan fingerprint density at radius 1 is 1.29 bits per heavy atom. The van der Waals surface area contributed by atoms with E-state index in [1.54, 1.807) is 0 Å². The lowest BCUT2D eigenvalue weighted by Crippen LogP contribution is -2.50. The molecule has 2 aliphatic rings. The van der Waals surface area contributed by atoms with Gasteiger partial charge in [-0.1, -0.05) is 30.3 Å². The van der Waals surface area contributed by atoms with Crippen molar-refractivity contribution in [3.63, 3.8) is 0 Å². The Morgan fingerprint density at radius 3 is 2.75 bits per heavy atom. The number of carbonyl (C=O) groups is 1. The van der Waals surface area contributed by atoms with Crippen molar-refractivity contribution in [1.29, 1.82) is 0 Å². The third kappa shape index (κ3) is 4.90. The van der Waals surface area contributed by atoms with Gasteiger partial charge in [0.1, 0.15) is 0 Å². The number of halogens is 2. The van der Waals surface area contributed by atoms with Gasteiger partial charge in [0, 0.05) is 38.0 Å². The second-order valence-corrected chi connectivity index (χ2v) is 6.91. The first-order valence-corrected chi connectivity index (χ1v) is 8.71. The Hall–Kier alpha value is -1.69. The fourth-order valence-corrected chi connectivity index (χ4v) is 3.34. The summed E-state index contributed by atoms with van der Waals surface area (Å²) >= 11 is 0. The number of nitrogens with one attached hydrogen (secondary N) is 2. The zero-order valence-corrected chi connectivity index (χ0v) is 13.8. The smallest absolute Gasteiger partial charge is 0.315 e. The summed E-state index contributed by atoms with van der Waals surface area (Å²) in [5, 5.41) is 5.67. The molecule has 2 unspecified atom stereocenters. The van der Waals surface area contributed by atoms with Gasteiger partial charge in [-0.15, -0.1) is 0 Å². The number of piperidine rings is 1. The highest BCUT2D eigenvalue weighted by Gasteiger charge is 2.55. The van der Waals surface area contributed by atoms with Crippen LogP contribution in [0.15, 0.2) is 30.3 Å². The van der Waals surface area contributed by atoms with E-state index >= 15 is 0 Å². The number of hydrogen-bond donors (Lipinski definition) is 2. The molecule has 1 heterocycles. The number of carbonyl (C=O) groups excluding carboxylic acids is 1. The van der Waals surface area contributed by atoms with Gasteiger partial charge in [0.2, 0.25) is 0 Å². The number of hydrogen-bond acceptors (Lipinski definition) is 2. The number of amides is 2. The molecule has 1 saturated carbocycles. The van der Waals surface area contributed by atoms with Crippen molar-refractivity contribution in [3.8, 4) is 0 Å². The molecule has 0 spiro atoms.